The van der Waals surface area contributed by atoms with E-state index in [0.29, 0.717) is 5.56 Å². The van der Waals surface area contributed by atoms with E-state index in [1.807, 2.05) is 13.8 Å². The fourth-order valence-corrected chi connectivity index (χ4v) is 3.30. The second kappa shape index (κ2) is 7.09. The Labute approximate surface area is 150 Å². The number of amides is 1. The maximum atomic E-state index is 12.8. The number of aromatic nitrogens is 1. The molecule has 26 heavy (non-hydrogen) atoms. The van der Waals surface area contributed by atoms with Crippen molar-refractivity contribution >= 4 is 5.91 Å². The fourth-order valence-electron chi connectivity index (χ4n) is 3.30. The van der Waals surface area contributed by atoms with Crippen LogP contribution in [0.5, 0.6) is 0 Å². The highest BCUT2D eigenvalue weighted by atomic mass is 19.4. The van der Waals surface area contributed by atoms with E-state index in [2.05, 4.69) is 10.3 Å². The topological polar surface area (TPSA) is 42.0 Å². The zero-order chi connectivity index (χ0) is 18.9. The van der Waals surface area contributed by atoms with Crippen LogP contribution in [0.25, 0.3) is 11.1 Å². The average Bonchev–Trinajstić information content (AvgIpc) is 2.61. The molecule has 0 fully saturated rings. The Kier molecular flexibility index (Phi) is 5.03. The zero-order valence-corrected chi connectivity index (χ0v) is 14.7. The number of alkyl halides is 3. The summed E-state index contributed by atoms with van der Waals surface area (Å²) in [6, 6.07) is 5.05. The molecule has 1 unspecified atom stereocenters. The van der Waals surface area contributed by atoms with E-state index in [1.165, 1.54) is 12.1 Å². The Morgan fingerprint density at radius 1 is 1.19 bits per heavy atom. The van der Waals surface area contributed by atoms with Gasteiger partial charge < -0.3 is 5.32 Å². The van der Waals surface area contributed by atoms with Crippen molar-refractivity contribution in [3.05, 3.63) is 53.3 Å². The Morgan fingerprint density at radius 2 is 1.88 bits per heavy atom. The summed E-state index contributed by atoms with van der Waals surface area (Å²) < 4.78 is 38.3. The van der Waals surface area contributed by atoms with Crippen molar-refractivity contribution < 1.29 is 18.0 Å². The molecule has 3 rings (SSSR count). The number of rotatable bonds is 3. The SMILES string of the molecule is CC(C)C(=O)NC1CCCc2c(-c3ccc(C(F)(F)F)cc3)cncc21. The second-order valence-corrected chi connectivity index (χ2v) is 6.94. The number of nitrogens with one attached hydrogen (secondary N) is 1. The van der Waals surface area contributed by atoms with Gasteiger partial charge in [-0.3, -0.25) is 9.78 Å². The number of hydrogen-bond acceptors (Lipinski definition) is 2. The summed E-state index contributed by atoms with van der Waals surface area (Å²) >= 11 is 0. The smallest absolute Gasteiger partial charge is 0.349 e. The van der Waals surface area contributed by atoms with Crippen LogP contribution < -0.4 is 5.32 Å². The third-order valence-electron chi connectivity index (χ3n) is 4.75. The standard InChI is InChI=1S/C20H21F3N2O/c1-12(2)19(26)25-18-5-3-4-15-16(10-24-11-17(15)18)13-6-8-14(9-7-13)20(21,22)23/h6-12,18H,3-5H2,1-2H3,(H,25,26). The molecule has 2 aromatic rings. The van der Waals surface area contributed by atoms with Crippen LogP contribution in [-0.4, -0.2) is 10.9 Å². The second-order valence-electron chi connectivity index (χ2n) is 6.94. The minimum Gasteiger partial charge on any atom is -0.349 e. The predicted octanol–water partition coefficient (Wildman–Crippen LogP) is 4.92. The van der Waals surface area contributed by atoms with E-state index in [0.717, 1.165) is 48.1 Å². The van der Waals surface area contributed by atoms with Gasteiger partial charge in [0, 0.05) is 23.9 Å². The normalized spacial score (nSPS) is 17.1. The van der Waals surface area contributed by atoms with Crippen molar-refractivity contribution in [3.63, 3.8) is 0 Å². The summed E-state index contributed by atoms with van der Waals surface area (Å²) in [5.41, 5.74) is 2.89. The van der Waals surface area contributed by atoms with E-state index in [9.17, 15) is 18.0 Å². The first-order chi connectivity index (χ1) is 12.3. The average molecular weight is 362 g/mol. The molecule has 1 aliphatic carbocycles. The molecule has 0 bridgehead atoms. The molecule has 0 saturated heterocycles. The van der Waals surface area contributed by atoms with Crippen LogP contribution in [0.1, 0.15) is 49.4 Å². The first kappa shape index (κ1) is 18.4. The molecule has 1 atom stereocenters. The maximum absolute atomic E-state index is 12.8. The molecule has 3 nitrogen and oxygen atoms in total. The zero-order valence-electron chi connectivity index (χ0n) is 14.7. The number of pyridine rings is 1. The van der Waals surface area contributed by atoms with Gasteiger partial charge in [0.15, 0.2) is 0 Å². The van der Waals surface area contributed by atoms with Crippen molar-refractivity contribution in [2.45, 2.75) is 45.3 Å². The molecule has 6 heteroatoms. The van der Waals surface area contributed by atoms with Gasteiger partial charge in [-0.05, 0) is 48.1 Å². The number of carbonyl (C=O) groups is 1. The van der Waals surface area contributed by atoms with Gasteiger partial charge in [-0.25, -0.2) is 0 Å². The molecule has 1 N–H and O–H groups in total. The van der Waals surface area contributed by atoms with Gasteiger partial charge >= 0.3 is 6.18 Å². The van der Waals surface area contributed by atoms with Crippen molar-refractivity contribution in [1.29, 1.82) is 0 Å². The summed E-state index contributed by atoms with van der Waals surface area (Å²) in [6.07, 6.45) is 1.67. The summed E-state index contributed by atoms with van der Waals surface area (Å²) in [7, 11) is 0. The van der Waals surface area contributed by atoms with Gasteiger partial charge in [-0.15, -0.1) is 0 Å². The summed E-state index contributed by atoms with van der Waals surface area (Å²) in [5.74, 6) is -0.116. The van der Waals surface area contributed by atoms with Crippen LogP contribution in [0.3, 0.4) is 0 Å². The summed E-state index contributed by atoms with van der Waals surface area (Å²) in [4.78, 5) is 16.3. The molecular weight excluding hydrogens is 341 g/mol. The van der Waals surface area contributed by atoms with Crippen molar-refractivity contribution in [2.24, 2.45) is 5.92 Å². The van der Waals surface area contributed by atoms with Gasteiger partial charge in [0.1, 0.15) is 0 Å². The predicted molar refractivity (Wildman–Crippen MR) is 93.3 cm³/mol. The van der Waals surface area contributed by atoms with E-state index < -0.39 is 11.7 Å². The monoisotopic (exact) mass is 362 g/mol. The molecule has 1 aliphatic rings. The summed E-state index contributed by atoms with van der Waals surface area (Å²) in [5, 5.41) is 3.05. The highest BCUT2D eigenvalue weighted by Crippen LogP contribution is 2.37. The van der Waals surface area contributed by atoms with E-state index >= 15 is 0 Å². The molecule has 0 aliphatic heterocycles. The minimum absolute atomic E-state index is 0.0113. The minimum atomic E-state index is -4.35. The lowest BCUT2D eigenvalue weighted by Gasteiger charge is -2.28. The van der Waals surface area contributed by atoms with E-state index in [1.54, 1.807) is 12.4 Å². The van der Waals surface area contributed by atoms with Crippen LogP contribution in [-0.2, 0) is 17.4 Å². The molecule has 1 heterocycles. The van der Waals surface area contributed by atoms with Gasteiger partial charge in [-0.1, -0.05) is 26.0 Å². The van der Waals surface area contributed by atoms with Crippen molar-refractivity contribution in [1.82, 2.24) is 10.3 Å². The molecular formula is C20H21F3N2O. The van der Waals surface area contributed by atoms with Crippen LogP contribution in [0.4, 0.5) is 13.2 Å². The highest BCUT2D eigenvalue weighted by molar-refractivity contribution is 5.78. The quantitative estimate of drug-likeness (QED) is 0.842. The lowest BCUT2D eigenvalue weighted by Crippen LogP contribution is -2.34. The number of hydrogen-bond donors (Lipinski definition) is 1. The number of carbonyl (C=O) groups excluding carboxylic acids is 1. The highest BCUT2D eigenvalue weighted by Gasteiger charge is 2.30. The van der Waals surface area contributed by atoms with Crippen LogP contribution >= 0.6 is 0 Å². The fraction of sp³-hybridized carbons (Fsp3) is 0.400. The number of fused-ring (bicyclic) bond motifs is 1. The van der Waals surface area contributed by atoms with Crippen LogP contribution in [0.15, 0.2) is 36.7 Å². The van der Waals surface area contributed by atoms with Gasteiger partial charge in [0.2, 0.25) is 5.91 Å². The van der Waals surface area contributed by atoms with Gasteiger partial charge in [-0.2, -0.15) is 13.2 Å². The van der Waals surface area contributed by atoms with E-state index in [-0.39, 0.29) is 17.9 Å². The Balaban J connectivity index is 1.95. The first-order valence-electron chi connectivity index (χ1n) is 8.72. The van der Waals surface area contributed by atoms with Crippen molar-refractivity contribution in [2.75, 3.05) is 0 Å². The van der Waals surface area contributed by atoms with E-state index in [4.69, 9.17) is 0 Å². The molecule has 0 spiro atoms. The number of halogens is 3. The van der Waals surface area contributed by atoms with Crippen LogP contribution in [0.2, 0.25) is 0 Å². The van der Waals surface area contributed by atoms with Crippen LogP contribution in [0, 0.1) is 5.92 Å². The van der Waals surface area contributed by atoms with Gasteiger partial charge in [0.05, 0.1) is 11.6 Å². The largest absolute Gasteiger partial charge is 0.416 e. The maximum Gasteiger partial charge on any atom is 0.416 e. The van der Waals surface area contributed by atoms with Crippen molar-refractivity contribution in [3.8, 4) is 11.1 Å². The third-order valence-corrected chi connectivity index (χ3v) is 4.75. The number of nitrogens with zero attached hydrogens (tertiary/aromatic N) is 1. The Bertz CT molecular complexity index is 798. The lowest BCUT2D eigenvalue weighted by molar-refractivity contribution is -0.137. The summed E-state index contributed by atoms with van der Waals surface area (Å²) in [6.45, 7) is 3.69. The lowest BCUT2D eigenvalue weighted by atomic mass is 9.84. The Morgan fingerprint density at radius 3 is 2.50 bits per heavy atom. The number of benzene rings is 1. The first-order valence-corrected chi connectivity index (χ1v) is 8.72. The van der Waals surface area contributed by atoms with Gasteiger partial charge in [0.25, 0.3) is 0 Å². The molecule has 1 aromatic heterocycles. The Hall–Kier alpha value is -2.37. The molecule has 1 aromatic carbocycles. The molecule has 0 radical (unpaired) electrons. The molecule has 0 saturated carbocycles. The molecule has 138 valence electrons. The molecule has 1 amide bonds. The third kappa shape index (κ3) is 3.74.